The zero-order chi connectivity index (χ0) is 20.2. The molecule has 0 atom stereocenters. The van der Waals surface area contributed by atoms with Crippen LogP contribution in [-0.4, -0.2) is 24.7 Å². The number of hydrogen-bond donors (Lipinski definition) is 2. The smallest absolute Gasteiger partial charge is 0.303 e. The van der Waals surface area contributed by atoms with E-state index in [2.05, 4.69) is 59.9 Å². The maximum absolute atomic E-state index is 10.6. The Hall–Kier alpha value is -2.89. The van der Waals surface area contributed by atoms with Gasteiger partial charge in [0.25, 0.3) is 0 Å². The van der Waals surface area contributed by atoms with Crippen LogP contribution in [0, 0.1) is 0 Å². The van der Waals surface area contributed by atoms with Crippen LogP contribution in [0.3, 0.4) is 0 Å². The topological polar surface area (TPSA) is 58.6 Å². The van der Waals surface area contributed by atoms with Crippen molar-refractivity contribution in [2.45, 2.75) is 19.4 Å². The molecule has 4 rings (SSSR count). The van der Waals surface area contributed by atoms with E-state index in [-0.39, 0.29) is 6.42 Å². The number of fused-ring (bicyclic) bond motifs is 2. The number of benzene rings is 3. The molecule has 0 amide bonds. The molecule has 0 bridgehead atoms. The first-order valence-electron chi connectivity index (χ1n) is 9.66. The van der Waals surface area contributed by atoms with E-state index in [1.807, 2.05) is 6.07 Å². The second kappa shape index (κ2) is 8.64. The number of aliphatic carboxylic acids is 1. The lowest BCUT2D eigenvalue weighted by atomic mass is 10.00. The third-order valence-electron chi connectivity index (χ3n) is 5.00. The average molecular weight is 406 g/mol. The minimum absolute atomic E-state index is 0.206. The maximum Gasteiger partial charge on any atom is 0.303 e. The molecule has 0 fully saturated rings. The summed E-state index contributed by atoms with van der Waals surface area (Å²) in [5.74, 6) is 0.123. The van der Waals surface area contributed by atoms with E-state index in [1.165, 1.54) is 31.5 Å². The van der Waals surface area contributed by atoms with Crippen molar-refractivity contribution in [2.24, 2.45) is 0 Å². The molecule has 4 aromatic rings. The first-order valence-corrected chi connectivity index (χ1v) is 10.5. The minimum Gasteiger partial charge on any atom is -0.497 e. The van der Waals surface area contributed by atoms with E-state index in [4.69, 9.17) is 9.84 Å². The quantitative estimate of drug-likeness (QED) is 0.370. The first-order chi connectivity index (χ1) is 14.1. The van der Waals surface area contributed by atoms with Crippen LogP contribution < -0.4 is 10.1 Å². The second-order valence-corrected chi connectivity index (χ2v) is 8.18. The number of hydrogen-bond acceptors (Lipinski definition) is 4. The summed E-state index contributed by atoms with van der Waals surface area (Å²) in [5, 5.41) is 15.7. The Morgan fingerprint density at radius 1 is 1.03 bits per heavy atom. The van der Waals surface area contributed by atoms with Gasteiger partial charge >= 0.3 is 5.97 Å². The van der Waals surface area contributed by atoms with Crippen molar-refractivity contribution in [1.82, 2.24) is 5.32 Å². The van der Waals surface area contributed by atoms with E-state index >= 15 is 0 Å². The van der Waals surface area contributed by atoms with E-state index in [0.29, 0.717) is 13.0 Å². The molecule has 0 aliphatic rings. The molecule has 1 heterocycles. The van der Waals surface area contributed by atoms with E-state index < -0.39 is 5.97 Å². The second-order valence-electron chi connectivity index (χ2n) is 7.04. The van der Waals surface area contributed by atoms with Crippen LogP contribution in [0.5, 0.6) is 5.75 Å². The van der Waals surface area contributed by atoms with Gasteiger partial charge in [-0.05, 0) is 64.5 Å². The van der Waals surface area contributed by atoms with Gasteiger partial charge in [0, 0.05) is 22.5 Å². The van der Waals surface area contributed by atoms with Gasteiger partial charge in [-0.2, -0.15) is 0 Å². The molecular formula is C24H23NO3S. The molecule has 0 saturated carbocycles. The molecular weight excluding hydrogens is 382 g/mol. The Kier molecular flexibility index (Phi) is 5.79. The van der Waals surface area contributed by atoms with Gasteiger partial charge in [-0.25, -0.2) is 0 Å². The largest absolute Gasteiger partial charge is 0.497 e. The summed E-state index contributed by atoms with van der Waals surface area (Å²) in [4.78, 5) is 11.9. The molecule has 0 aliphatic carbocycles. The SMILES string of the molecule is COc1ccc2cc(-c3cccc4cc(CNCCCC(=O)O)sc34)ccc2c1. The third-order valence-corrected chi connectivity index (χ3v) is 6.18. The van der Waals surface area contributed by atoms with Crippen LogP contribution in [0.4, 0.5) is 0 Å². The lowest BCUT2D eigenvalue weighted by Gasteiger charge is -2.07. The molecule has 0 aliphatic heterocycles. The number of carboxylic acids is 1. The molecule has 0 saturated heterocycles. The van der Waals surface area contributed by atoms with Crippen LogP contribution in [-0.2, 0) is 11.3 Å². The van der Waals surface area contributed by atoms with Crippen molar-refractivity contribution >= 4 is 38.2 Å². The van der Waals surface area contributed by atoms with E-state index in [1.54, 1.807) is 18.4 Å². The lowest BCUT2D eigenvalue weighted by Crippen LogP contribution is -2.14. The van der Waals surface area contributed by atoms with Crippen molar-refractivity contribution in [3.05, 3.63) is 65.5 Å². The van der Waals surface area contributed by atoms with Gasteiger partial charge < -0.3 is 15.2 Å². The highest BCUT2D eigenvalue weighted by atomic mass is 32.1. The summed E-state index contributed by atoms with van der Waals surface area (Å²) < 4.78 is 6.60. The Morgan fingerprint density at radius 3 is 2.69 bits per heavy atom. The fraction of sp³-hybridized carbons (Fsp3) is 0.208. The van der Waals surface area contributed by atoms with Crippen LogP contribution in [0.1, 0.15) is 17.7 Å². The summed E-state index contributed by atoms with van der Waals surface area (Å²) in [6.45, 7) is 1.47. The zero-order valence-electron chi connectivity index (χ0n) is 16.3. The minimum atomic E-state index is -0.743. The van der Waals surface area contributed by atoms with E-state index in [9.17, 15) is 4.79 Å². The molecule has 148 valence electrons. The van der Waals surface area contributed by atoms with Crippen LogP contribution in [0.25, 0.3) is 32.0 Å². The monoisotopic (exact) mass is 405 g/mol. The van der Waals surface area contributed by atoms with Gasteiger partial charge in [0.2, 0.25) is 0 Å². The average Bonchev–Trinajstić information content (AvgIpc) is 3.15. The number of carboxylic acid groups (broad SMARTS) is 1. The van der Waals surface area contributed by atoms with Crippen molar-refractivity contribution in [2.75, 3.05) is 13.7 Å². The normalized spacial score (nSPS) is 11.2. The van der Waals surface area contributed by atoms with Gasteiger partial charge in [0.1, 0.15) is 5.75 Å². The molecule has 2 N–H and O–H groups in total. The maximum atomic E-state index is 10.6. The zero-order valence-corrected chi connectivity index (χ0v) is 17.1. The highest BCUT2D eigenvalue weighted by Crippen LogP contribution is 2.36. The van der Waals surface area contributed by atoms with Crippen LogP contribution >= 0.6 is 11.3 Å². The summed E-state index contributed by atoms with van der Waals surface area (Å²) >= 11 is 1.80. The summed E-state index contributed by atoms with van der Waals surface area (Å²) in [7, 11) is 1.69. The predicted octanol–water partition coefficient (Wildman–Crippen LogP) is 5.68. The van der Waals surface area contributed by atoms with Gasteiger partial charge in [-0.3, -0.25) is 4.79 Å². The fourth-order valence-corrected chi connectivity index (χ4v) is 4.69. The number of methoxy groups -OCH3 is 1. The Bertz CT molecular complexity index is 1170. The summed E-state index contributed by atoms with van der Waals surface area (Å²) in [6, 6.07) is 21.3. The number of nitrogens with one attached hydrogen (secondary N) is 1. The molecule has 4 nitrogen and oxygen atoms in total. The number of thiophene rings is 1. The highest BCUT2D eigenvalue weighted by molar-refractivity contribution is 7.19. The molecule has 3 aromatic carbocycles. The van der Waals surface area contributed by atoms with Gasteiger partial charge in [0.15, 0.2) is 0 Å². The predicted molar refractivity (Wildman–Crippen MR) is 120 cm³/mol. The van der Waals surface area contributed by atoms with Gasteiger partial charge in [-0.1, -0.05) is 36.4 Å². The third kappa shape index (κ3) is 4.42. The summed E-state index contributed by atoms with van der Waals surface area (Å²) in [5.41, 5.74) is 2.44. The van der Waals surface area contributed by atoms with Crippen molar-refractivity contribution in [3.63, 3.8) is 0 Å². The molecule has 0 unspecified atom stereocenters. The number of rotatable bonds is 8. The first kappa shape index (κ1) is 19.4. The van der Waals surface area contributed by atoms with Gasteiger partial charge in [-0.15, -0.1) is 11.3 Å². The fourth-order valence-electron chi connectivity index (χ4n) is 3.53. The van der Waals surface area contributed by atoms with Crippen LogP contribution in [0.15, 0.2) is 60.7 Å². The lowest BCUT2D eigenvalue weighted by molar-refractivity contribution is -0.137. The molecule has 0 radical (unpaired) electrons. The Morgan fingerprint density at radius 2 is 1.86 bits per heavy atom. The van der Waals surface area contributed by atoms with Crippen molar-refractivity contribution in [1.29, 1.82) is 0 Å². The van der Waals surface area contributed by atoms with Crippen molar-refractivity contribution in [3.8, 4) is 16.9 Å². The number of carbonyl (C=O) groups is 1. The highest BCUT2D eigenvalue weighted by Gasteiger charge is 2.09. The number of ether oxygens (including phenoxy) is 1. The van der Waals surface area contributed by atoms with Gasteiger partial charge in [0.05, 0.1) is 7.11 Å². The standard InChI is InChI=1S/C24H23NO3S/c1-28-20-10-9-16-12-18(8-7-17(16)13-20)22-5-2-4-19-14-21(29-24(19)22)15-25-11-3-6-23(26)27/h2,4-5,7-10,12-14,25H,3,6,11,15H2,1H3,(H,26,27). The van der Waals surface area contributed by atoms with E-state index in [0.717, 1.165) is 17.7 Å². The Balaban J connectivity index is 1.58. The molecule has 1 aromatic heterocycles. The molecule has 29 heavy (non-hydrogen) atoms. The summed E-state index contributed by atoms with van der Waals surface area (Å²) in [6.07, 6.45) is 0.852. The molecule has 5 heteroatoms. The van der Waals surface area contributed by atoms with Crippen LogP contribution in [0.2, 0.25) is 0 Å². The molecule has 0 spiro atoms. The Labute approximate surface area is 173 Å². The van der Waals surface area contributed by atoms with Crippen molar-refractivity contribution < 1.29 is 14.6 Å².